The molecule has 0 unspecified atom stereocenters. The molecule has 0 amide bonds. The van der Waals surface area contributed by atoms with Crippen molar-refractivity contribution in [2.45, 2.75) is 11.8 Å². The van der Waals surface area contributed by atoms with Crippen LogP contribution in [0.15, 0.2) is 41.3 Å². The maximum atomic E-state index is 10.6. The number of ether oxygens (including phenoxy) is 1. The molecule has 1 aromatic rings. The molecule has 0 aliphatic rings. The molecular weight excluding hydrogens is 255 g/mol. The van der Waals surface area contributed by atoms with Crippen LogP contribution in [0.1, 0.15) is 6.92 Å². The molecule has 0 radical (unpaired) electrons. The van der Waals surface area contributed by atoms with Crippen LogP contribution < -0.4 is 56.1 Å². The zero-order valence-corrected chi connectivity index (χ0v) is 13.2. The van der Waals surface area contributed by atoms with Gasteiger partial charge in [-0.2, -0.15) is 0 Å². The van der Waals surface area contributed by atoms with Gasteiger partial charge in [-0.25, -0.2) is 8.42 Å². The fourth-order valence-electron chi connectivity index (χ4n) is 0.909. The second-order valence-corrected chi connectivity index (χ2v) is 4.55. The van der Waals surface area contributed by atoms with Gasteiger partial charge in [0, 0.05) is 0 Å². The zero-order valence-electron chi connectivity index (χ0n) is 9.26. The summed E-state index contributed by atoms with van der Waals surface area (Å²) in [6, 6.07) is 5.31. The first-order valence-corrected chi connectivity index (χ1v) is 5.63. The van der Waals surface area contributed by atoms with E-state index in [1.807, 2.05) is 6.92 Å². The Morgan fingerprint density at radius 1 is 1.38 bits per heavy atom. The second kappa shape index (κ2) is 6.90. The minimum absolute atomic E-state index is 0. The molecule has 82 valence electrons. The van der Waals surface area contributed by atoms with Crippen molar-refractivity contribution >= 4 is 10.1 Å². The third kappa shape index (κ3) is 5.58. The van der Waals surface area contributed by atoms with Crippen molar-refractivity contribution in [2.24, 2.45) is 0 Å². The quantitative estimate of drug-likeness (QED) is 0.380. The molecule has 0 spiro atoms. The summed E-state index contributed by atoms with van der Waals surface area (Å²) in [5.41, 5.74) is 0.857. The van der Waals surface area contributed by atoms with E-state index in [-0.39, 0.29) is 56.3 Å². The second-order valence-electron chi connectivity index (χ2n) is 3.17. The van der Waals surface area contributed by atoms with Crippen LogP contribution in [0.25, 0.3) is 0 Å². The van der Waals surface area contributed by atoms with Gasteiger partial charge in [-0.05, 0) is 36.8 Å². The number of rotatable bonds is 4. The molecule has 1 rings (SSSR count). The fraction of sp³-hybridized carbons (Fsp3) is 0.200. The molecule has 0 fully saturated rings. The van der Waals surface area contributed by atoms with Gasteiger partial charge >= 0.3 is 51.4 Å². The van der Waals surface area contributed by atoms with Gasteiger partial charge in [-0.1, -0.05) is 6.58 Å². The Morgan fingerprint density at radius 2 is 1.88 bits per heavy atom. The molecule has 4 nitrogen and oxygen atoms in total. The van der Waals surface area contributed by atoms with E-state index in [9.17, 15) is 13.0 Å². The molecule has 0 saturated carbocycles. The van der Waals surface area contributed by atoms with Crippen molar-refractivity contribution in [3.8, 4) is 5.75 Å². The Hall–Kier alpha value is 0.306. The van der Waals surface area contributed by atoms with E-state index in [2.05, 4.69) is 6.58 Å². The van der Waals surface area contributed by atoms with Crippen molar-refractivity contribution in [3.05, 3.63) is 36.4 Å². The van der Waals surface area contributed by atoms with Crippen molar-refractivity contribution < 1.29 is 69.1 Å². The van der Waals surface area contributed by atoms with Crippen molar-refractivity contribution in [1.29, 1.82) is 0 Å². The SMILES string of the molecule is C=C(C)COc1ccc(S(=O)(=O)[O-])cc1.[K+]. The van der Waals surface area contributed by atoms with Crippen molar-refractivity contribution in [2.75, 3.05) is 6.61 Å². The van der Waals surface area contributed by atoms with Crippen LogP contribution in [0.5, 0.6) is 5.75 Å². The number of hydrogen-bond donors (Lipinski definition) is 0. The van der Waals surface area contributed by atoms with E-state index < -0.39 is 10.1 Å². The van der Waals surface area contributed by atoms with Gasteiger partial charge in [0.1, 0.15) is 22.5 Å². The van der Waals surface area contributed by atoms with E-state index in [4.69, 9.17) is 4.74 Å². The molecule has 0 aliphatic heterocycles. The minimum atomic E-state index is -4.37. The fourth-order valence-corrected chi connectivity index (χ4v) is 1.38. The first-order chi connectivity index (χ1) is 6.89. The largest absolute Gasteiger partial charge is 1.00 e. The van der Waals surface area contributed by atoms with Gasteiger partial charge < -0.3 is 9.29 Å². The summed E-state index contributed by atoms with van der Waals surface area (Å²) >= 11 is 0. The predicted molar refractivity (Wildman–Crippen MR) is 54.7 cm³/mol. The topological polar surface area (TPSA) is 66.4 Å². The van der Waals surface area contributed by atoms with Crippen LogP contribution in [0.2, 0.25) is 0 Å². The molecule has 0 heterocycles. The Kier molecular flexibility index (Phi) is 7.03. The van der Waals surface area contributed by atoms with Crippen LogP contribution in [-0.4, -0.2) is 19.6 Å². The summed E-state index contributed by atoms with van der Waals surface area (Å²) in [5, 5.41) is 0. The molecule has 16 heavy (non-hydrogen) atoms. The maximum absolute atomic E-state index is 10.6. The number of hydrogen-bond acceptors (Lipinski definition) is 4. The first-order valence-electron chi connectivity index (χ1n) is 4.23. The normalized spacial score (nSPS) is 10.4. The summed E-state index contributed by atoms with van der Waals surface area (Å²) in [5.74, 6) is 0.505. The molecule has 6 heteroatoms. The van der Waals surface area contributed by atoms with Gasteiger partial charge in [-0.3, -0.25) is 0 Å². The monoisotopic (exact) mass is 266 g/mol. The van der Waals surface area contributed by atoms with E-state index in [1.165, 1.54) is 24.3 Å². The summed E-state index contributed by atoms with van der Waals surface area (Å²) < 4.78 is 37.0. The van der Waals surface area contributed by atoms with Crippen LogP contribution in [0.3, 0.4) is 0 Å². The zero-order chi connectivity index (χ0) is 11.5. The number of benzene rings is 1. The molecule has 0 atom stereocenters. The molecule has 0 N–H and O–H groups in total. The van der Waals surface area contributed by atoms with E-state index in [0.29, 0.717) is 12.4 Å². The third-order valence-corrected chi connectivity index (χ3v) is 2.45. The maximum Gasteiger partial charge on any atom is 1.00 e. The van der Waals surface area contributed by atoms with Gasteiger partial charge in [-0.15, -0.1) is 0 Å². The first kappa shape index (κ1) is 16.3. The van der Waals surface area contributed by atoms with Crippen LogP contribution in [0, 0.1) is 0 Å². The van der Waals surface area contributed by atoms with E-state index in [1.54, 1.807) is 0 Å². The van der Waals surface area contributed by atoms with E-state index in [0.717, 1.165) is 5.57 Å². The Morgan fingerprint density at radius 3 is 2.25 bits per heavy atom. The smallest absolute Gasteiger partial charge is 0.744 e. The Bertz CT molecular complexity index is 450. The summed E-state index contributed by atoms with van der Waals surface area (Å²) in [6.07, 6.45) is 0. The van der Waals surface area contributed by atoms with Gasteiger partial charge in [0.15, 0.2) is 0 Å². The standard InChI is InChI=1S/C10H12O4S.K/c1-8(2)7-14-9-3-5-10(6-4-9)15(11,12)13;/h3-6H,1,7H2,2H3,(H,11,12,13);/q;+1/p-1. The molecule has 0 bridgehead atoms. The molecule has 0 aliphatic carbocycles. The van der Waals surface area contributed by atoms with Gasteiger partial charge in [0.05, 0.1) is 4.90 Å². The minimum Gasteiger partial charge on any atom is -0.744 e. The van der Waals surface area contributed by atoms with Gasteiger partial charge in [0.25, 0.3) is 0 Å². The Labute approximate surface area is 138 Å². The van der Waals surface area contributed by atoms with Crippen LogP contribution in [0.4, 0.5) is 0 Å². The molecule has 0 aromatic heterocycles. The summed E-state index contributed by atoms with van der Waals surface area (Å²) in [6.45, 7) is 5.84. The van der Waals surface area contributed by atoms with E-state index >= 15 is 0 Å². The average Bonchev–Trinajstić information content (AvgIpc) is 2.14. The van der Waals surface area contributed by atoms with Crippen molar-refractivity contribution in [1.82, 2.24) is 0 Å². The average molecular weight is 266 g/mol. The van der Waals surface area contributed by atoms with Crippen LogP contribution >= 0.6 is 0 Å². The predicted octanol–water partition coefficient (Wildman–Crippen LogP) is -1.45. The summed E-state index contributed by atoms with van der Waals surface area (Å²) in [7, 11) is -4.37. The van der Waals surface area contributed by atoms with Crippen molar-refractivity contribution in [3.63, 3.8) is 0 Å². The Balaban J connectivity index is 0.00000225. The summed E-state index contributed by atoms with van der Waals surface area (Å²) in [4.78, 5) is -0.259. The molecule has 0 saturated heterocycles. The van der Waals surface area contributed by atoms with Gasteiger partial charge in [0.2, 0.25) is 0 Å². The third-order valence-electron chi connectivity index (χ3n) is 1.60. The molecular formula is C10H11KO4S. The molecule has 1 aromatic carbocycles. The van der Waals surface area contributed by atoms with Crippen LogP contribution in [-0.2, 0) is 10.1 Å².